The first-order valence-electron chi connectivity index (χ1n) is 1.83. The van der Waals surface area contributed by atoms with Gasteiger partial charge in [-0.3, -0.25) is 0 Å². The van der Waals surface area contributed by atoms with Crippen LogP contribution in [0.15, 0.2) is 10.7 Å². The SMILES string of the molecule is Oc1c(Cl)coc1Cl. The third-order valence-electron chi connectivity index (χ3n) is 0.678. The minimum absolute atomic E-state index is 0.0741. The van der Waals surface area contributed by atoms with Crippen LogP contribution < -0.4 is 0 Å². The third kappa shape index (κ3) is 0.767. The second kappa shape index (κ2) is 1.88. The van der Waals surface area contributed by atoms with E-state index in [1.165, 1.54) is 6.26 Å². The van der Waals surface area contributed by atoms with Gasteiger partial charge in [-0.05, 0) is 11.6 Å². The molecule has 0 aliphatic rings. The zero-order valence-corrected chi connectivity index (χ0v) is 5.20. The van der Waals surface area contributed by atoms with Crippen LogP contribution in [0.3, 0.4) is 0 Å². The summed E-state index contributed by atoms with van der Waals surface area (Å²) >= 11 is 10.5. The van der Waals surface area contributed by atoms with E-state index in [1.54, 1.807) is 0 Å². The van der Waals surface area contributed by atoms with Gasteiger partial charge in [0.05, 0.1) is 0 Å². The lowest BCUT2D eigenvalue weighted by Crippen LogP contribution is -1.53. The predicted octanol–water partition coefficient (Wildman–Crippen LogP) is 2.29. The molecule has 1 N–H and O–H groups in total. The number of aromatic hydroxyl groups is 1. The lowest BCUT2D eigenvalue weighted by atomic mass is 10.6. The van der Waals surface area contributed by atoms with E-state index in [0.29, 0.717) is 0 Å². The monoisotopic (exact) mass is 152 g/mol. The molecule has 0 atom stereocenters. The summed E-state index contributed by atoms with van der Waals surface area (Å²) in [6.07, 6.45) is 1.17. The first-order chi connectivity index (χ1) is 3.72. The van der Waals surface area contributed by atoms with Crippen molar-refractivity contribution in [3.05, 3.63) is 16.5 Å². The molecule has 2 nitrogen and oxygen atoms in total. The molecule has 1 aromatic rings. The van der Waals surface area contributed by atoms with Crippen molar-refractivity contribution < 1.29 is 9.52 Å². The zero-order chi connectivity index (χ0) is 6.15. The molecule has 0 bridgehead atoms. The van der Waals surface area contributed by atoms with Crippen molar-refractivity contribution in [3.8, 4) is 5.75 Å². The molecule has 44 valence electrons. The molecule has 0 radical (unpaired) electrons. The Morgan fingerprint density at radius 1 is 1.50 bits per heavy atom. The Labute approximate surface area is 55.6 Å². The molecule has 1 aromatic heterocycles. The third-order valence-corrected chi connectivity index (χ3v) is 1.21. The maximum absolute atomic E-state index is 8.69. The van der Waals surface area contributed by atoms with Crippen LogP contribution in [0.1, 0.15) is 0 Å². The summed E-state index contributed by atoms with van der Waals surface area (Å²) in [6, 6.07) is 0. The van der Waals surface area contributed by atoms with Crippen LogP contribution in [0.2, 0.25) is 10.2 Å². The first kappa shape index (κ1) is 5.79. The van der Waals surface area contributed by atoms with Crippen molar-refractivity contribution in [1.29, 1.82) is 0 Å². The quantitative estimate of drug-likeness (QED) is 0.620. The molecular weight excluding hydrogens is 151 g/mol. The van der Waals surface area contributed by atoms with E-state index < -0.39 is 0 Å². The molecule has 0 spiro atoms. The molecule has 1 rings (SSSR count). The van der Waals surface area contributed by atoms with Crippen LogP contribution in [0.5, 0.6) is 5.75 Å². The van der Waals surface area contributed by atoms with Crippen LogP contribution in [-0.2, 0) is 0 Å². The van der Waals surface area contributed by atoms with Crippen molar-refractivity contribution in [2.75, 3.05) is 0 Å². The van der Waals surface area contributed by atoms with Crippen molar-refractivity contribution in [2.24, 2.45) is 0 Å². The van der Waals surface area contributed by atoms with E-state index in [0.717, 1.165) is 0 Å². The van der Waals surface area contributed by atoms with E-state index in [4.69, 9.17) is 28.3 Å². The highest BCUT2D eigenvalue weighted by atomic mass is 35.5. The van der Waals surface area contributed by atoms with Crippen molar-refractivity contribution in [3.63, 3.8) is 0 Å². The minimum Gasteiger partial charge on any atom is -0.502 e. The van der Waals surface area contributed by atoms with Crippen LogP contribution in [-0.4, -0.2) is 5.11 Å². The topological polar surface area (TPSA) is 33.4 Å². The van der Waals surface area contributed by atoms with Crippen molar-refractivity contribution in [1.82, 2.24) is 0 Å². The van der Waals surface area contributed by atoms with Gasteiger partial charge in [0, 0.05) is 0 Å². The lowest BCUT2D eigenvalue weighted by Gasteiger charge is -1.79. The van der Waals surface area contributed by atoms with E-state index in [9.17, 15) is 0 Å². The lowest BCUT2D eigenvalue weighted by molar-refractivity contribution is 0.459. The van der Waals surface area contributed by atoms with E-state index in [-0.39, 0.29) is 16.0 Å². The number of halogens is 2. The summed E-state index contributed by atoms with van der Waals surface area (Å²) < 4.78 is 4.48. The molecule has 0 aliphatic heterocycles. The zero-order valence-electron chi connectivity index (χ0n) is 3.69. The largest absolute Gasteiger partial charge is 0.502 e. The number of hydrogen-bond donors (Lipinski definition) is 1. The summed E-state index contributed by atoms with van der Waals surface area (Å²) in [5.41, 5.74) is 0. The second-order valence-corrected chi connectivity index (χ2v) is 1.96. The summed E-state index contributed by atoms with van der Waals surface area (Å²) in [6.45, 7) is 0. The van der Waals surface area contributed by atoms with Crippen LogP contribution in [0, 0.1) is 0 Å². The van der Waals surface area contributed by atoms with Gasteiger partial charge in [-0.2, -0.15) is 0 Å². The Morgan fingerprint density at radius 2 is 2.12 bits per heavy atom. The summed E-state index contributed by atoms with van der Waals surface area (Å²) in [4.78, 5) is 0. The fourth-order valence-corrected chi connectivity index (χ4v) is 0.634. The molecule has 8 heavy (non-hydrogen) atoms. The highest BCUT2D eigenvalue weighted by Gasteiger charge is 2.05. The first-order valence-corrected chi connectivity index (χ1v) is 2.59. The highest BCUT2D eigenvalue weighted by molar-refractivity contribution is 6.36. The highest BCUT2D eigenvalue weighted by Crippen LogP contribution is 2.32. The maximum Gasteiger partial charge on any atom is 0.236 e. The molecule has 1 heterocycles. The molecule has 0 aliphatic carbocycles. The molecule has 0 saturated heterocycles. The van der Waals surface area contributed by atoms with E-state index in [1.807, 2.05) is 0 Å². The summed E-state index contributed by atoms with van der Waals surface area (Å²) in [5, 5.41) is 8.75. The summed E-state index contributed by atoms with van der Waals surface area (Å²) in [5.74, 6) is -0.201. The van der Waals surface area contributed by atoms with Gasteiger partial charge in [-0.1, -0.05) is 11.6 Å². The Bertz CT molecular complexity index is 174. The normalized spacial score (nSPS) is 9.75. The number of rotatable bonds is 0. The fourth-order valence-electron chi connectivity index (χ4n) is 0.309. The van der Waals surface area contributed by atoms with E-state index in [2.05, 4.69) is 4.42 Å². The van der Waals surface area contributed by atoms with Crippen molar-refractivity contribution in [2.45, 2.75) is 0 Å². The van der Waals surface area contributed by atoms with Crippen LogP contribution in [0.25, 0.3) is 0 Å². The Hall–Kier alpha value is -0.340. The summed E-state index contributed by atoms with van der Waals surface area (Å²) in [7, 11) is 0. The average Bonchev–Trinajstić information content (AvgIpc) is 1.98. The van der Waals surface area contributed by atoms with Gasteiger partial charge in [0.15, 0.2) is 5.75 Å². The van der Waals surface area contributed by atoms with Gasteiger partial charge < -0.3 is 9.52 Å². The van der Waals surface area contributed by atoms with Gasteiger partial charge in [0.1, 0.15) is 11.3 Å². The van der Waals surface area contributed by atoms with Gasteiger partial charge in [-0.15, -0.1) is 0 Å². The maximum atomic E-state index is 8.69. The minimum atomic E-state index is -0.201. The molecule has 0 fully saturated rings. The molecule has 0 aromatic carbocycles. The Kier molecular flexibility index (Phi) is 1.36. The Balaban J connectivity index is 3.19. The molecule has 0 saturated carbocycles. The van der Waals surface area contributed by atoms with Crippen LogP contribution >= 0.6 is 23.2 Å². The fraction of sp³-hybridized carbons (Fsp3) is 0. The standard InChI is InChI=1S/C4H2Cl2O2/c5-2-1-8-4(6)3(2)7/h1,7H. The number of hydrogen-bond acceptors (Lipinski definition) is 2. The molecule has 0 unspecified atom stereocenters. The van der Waals surface area contributed by atoms with Gasteiger partial charge in [-0.25, -0.2) is 0 Å². The van der Waals surface area contributed by atoms with E-state index >= 15 is 0 Å². The smallest absolute Gasteiger partial charge is 0.236 e. The second-order valence-electron chi connectivity index (χ2n) is 1.21. The Morgan fingerprint density at radius 3 is 2.25 bits per heavy atom. The van der Waals surface area contributed by atoms with Gasteiger partial charge in [0.2, 0.25) is 5.22 Å². The average molecular weight is 153 g/mol. The predicted molar refractivity (Wildman–Crippen MR) is 30.4 cm³/mol. The van der Waals surface area contributed by atoms with Crippen LogP contribution in [0.4, 0.5) is 0 Å². The molecule has 4 heteroatoms. The van der Waals surface area contributed by atoms with Gasteiger partial charge >= 0.3 is 0 Å². The number of furan rings is 1. The molecular formula is C4H2Cl2O2. The van der Waals surface area contributed by atoms with Crippen molar-refractivity contribution >= 4 is 23.2 Å². The molecule has 0 amide bonds. The van der Waals surface area contributed by atoms with Gasteiger partial charge in [0.25, 0.3) is 0 Å².